The molecule has 164 valence electrons. The molecule has 4 nitrogen and oxygen atoms in total. The summed E-state index contributed by atoms with van der Waals surface area (Å²) in [4.78, 5) is 20.1. The molecular weight excluding hydrogens is 420 g/mol. The third kappa shape index (κ3) is 4.42. The van der Waals surface area contributed by atoms with Crippen molar-refractivity contribution in [2.45, 2.75) is 38.6 Å². The second-order valence-electron chi connectivity index (χ2n) is 8.49. The number of aliphatic imine (C=N–C) groups is 1. The minimum absolute atomic E-state index is 0.0376. The highest BCUT2D eigenvalue weighted by Gasteiger charge is 2.30. The van der Waals surface area contributed by atoms with Crippen molar-refractivity contribution in [1.82, 2.24) is 0 Å². The summed E-state index contributed by atoms with van der Waals surface area (Å²) in [6.45, 7) is 4.37. The zero-order valence-electron chi connectivity index (χ0n) is 18.5. The second-order valence-corrected chi connectivity index (χ2v) is 8.93. The van der Waals surface area contributed by atoms with Crippen LogP contribution in [0.5, 0.6) is 5.75 Å². The molecule has 0 radical (unpaired) electrons. The van der Waals surface area contributed by atoms with Crippen molar-refractivity contribution in [2.75, 3.05) is 11.9 Å². The molecule has 1 heterocycles. The standard InChI is InChI=1S/C27H27ClN2O2/c1-17(2)22-7-5-4-6-18(22)10-14-24-27(32)30(3)25-15-11-20(28)16-23(25)26(29-24)19-8-12-21(31)13-9-19/h4-9,11-13,15-17,24,31H,10,14H2,1-3H3. The van der Waals surface area contributed by atoms with Crippen LogP contribution in [0.2, 0.25) is 5.02 Å². The van der Waals surface area contributed by atoms with Crippen molar-refractivity contribution < 1.29 is 9.90 Å². The Morgan fingerprint density at radius 1 is 1.06 bits per heavy atom. The molecule has 5 heteroatoms. The van der Waals surface area contributed by atoms with E-state index in [4.69, 9.17) is 16.6 Å². The highest BCUT2D eigenvalue weighted by Crippen LogP contribution is 2.32. The normalized spacial score (nSPS) is 16.0. The van der Waals surface area contributed by atoms with Gasteiger partial charge in [0.2, 0.25) is 0 Å². The summed E-state index contributed by atoms with van der Waals surface area (Å²) in [6.07, 6.45) is 1.37. The molecule has 3 aromatic rings. The van der Waals surface area contributed by atoms with Crippen LogP contribution in [0.3, 0.4) is 0 Å². The Morgan fingerprint density at radius 3 is 2.50 bits per heavy atom. The van der Waals surface area contributed by atoms with Gasteiger partial charge < -0.3 is 10.0 Å². The fraction of sp³-hybridized carbons (Fsp3) is 0.259. The minimum Gasteiger partial charge on any atom is -0.508 e. The Balaban J connectivity index is 1.76. The molecule has 1 N–H and O–H groups in total. The highest BCUT2D eigenvalue weighted by molar-refractivity contribution is 6.32. The number of carbonyl (C=O) groups excluding carboxylic acids is 1. The zero-order valence-corrected chi connectivity index (χ0v) is 19.3. The molecule has 0 saturated heterocycles. The van der Waals surface area contributed by atoms with Crippen molar-refractivity contribution in [3.05, 3.63) is 94.0 Å². The number of aryl methyl sites for hydroxylation is 1. The van der Waals surface area contributed by atoms with Gasteiger partial charge in [0.1, 0.15) is 11.8 Å². The molecule has 4 rings (SSSR count). The lowest BCUT2D eigenvalue weighted by molar-refractivity contribution is -0.119. The first kappa shape index (κ1) is 22.1. The number of hydrogen-bond acceptors (Lipinski definition) is 3. The van der Waals surface area contributed by atoms with E-state index < -0.39 is 6.04 Å². The Hall–Kier alpha value is -3.11. The number of benzene rings is 3. The summed E-state index contributed by atoms with van der Waals surface area (Å²) in [5, 5.41) is 10.3. The highest BCUT2D eigenvalue weighted by atomic mass is 35.5. The average molecular weight is 447 g/mol. The molecule has 1 amide bonds. The van der Waals surface area contributed by atoms with Gasteiger partial charge in [-0.05, 0) is 72.4 Å². The molecule has 1 unspecified atom stereocenters. The number of likely N-dealkylation sites (N-methyl/N-ethyl adjacent to an activating group) is 1. The van der Waals surface area contributed by atoms with Gasteiger partial charge in [-0.25, -0.2) is 0 Å². The quantitative estimate of drug-likeness (QED) is 0.523. The first-order chi connectivity index (χ1) is 15.3. The van der Waals surface area contributed by atoms with E-state index in [1.54, 1.807) is 30.1 Å². The number of anilines is 1. The van der Waals surface area contributed by atoms with Crippen molar-refractivity contribution >= 4 is 28.9 Å². The second kappa shape index (κ2) is 9.17. The molecule has 0 aliphatic carbocycles. The van der Waals surface area contributed by atoms with E-state index >= 15 is 0 Å². The number of phenolic OH excluding ortho intramolecular Hbond substituents is 1. The Morgan fingerprint density at radius 2 is 1.78 bits per heavy atom. The number of phenols is 1. The van der Waals surface area contributed by atoms with Gasteiger partial charge in [0.05, 0.1) is 11.4 Å². The third-order valence-electron chi connectivity index (χ3n) is 5.98. The van der Waals surface area contributed by atoms with E-state index in [9.17, 15) is 9.90 Å². The zero-order chi connectivity index (χ0) is 22.8. The van der Waals surface area contributed by atoms with E-state index in [1.165, 1.54) is 11.1 Å². The van der Waals surface area contributed by atoms with Crippen LogP contribution < -0.4 is 4.90 Å². The molecule has 0 aromatic heterocycles. The molecule has 1 aliphatic heterocycles. The summed E-state index contributed by atoms with van der Waals surface area (Å²) in [6, 6.07) is 20.3. The molecule has 3 aromatic carbocycles. The average Bonchev–Trinajstić information content (AvgIpc) is 2.88. The van der Waals surface area contributed by atoms with Gasteiger partial charge >= 0.3 is 0 Å². The first-order valence-electron chi connectivity index (χ1n) is 10.9. The smallest absolute Gasteiger partial charge is 0.251 e. The van der Waals surface area contributed by atoms with E-state index in [2.05, 4.69) is 32.0 Å². The number of amides is 1. The van der Waals surface area contributed by atoms with Crippen LogP contribution in [0, 0.1) is 0 Å². The largest absolute Gasteiger partial charge is 0.508 e. The maximum atomic E-state index is 13.4. The molecule has 32 heavy (non-hydrogen) atoms. The van der Waals surface area contributed by atoms with Crippen molar-refractivity contribution in [3.63, 3.8) is 0 Å². The summed E-state index contributed by atoms with van der Waals surface area (Å²) in [7, 11) is 1.79. The summed E-state index contributed by atoms with van der Waals surface area (Å²) < 4.78 is 0. The topological polar surface area (TPSA) is 52.9 Å². The monoisotopic (exact) mass is 446 g/mol. The minimum atomic E-state index is -0.518. The first-order valence-corrected chi connectivity index (χ1v) is 11.3. The van der Waals surface area contributed by atoms with Crippen LogP contribution in [0.25, 0.3) is 0 Å². The van der Waals surface area contributed by atoms with Crippen molar-refractivity contribution in [2.24, 2.45) is 4.99 Å². The molecule has 0 bridgehead atoms. The Bertz CT molecular complexity index is 1170. The van der Waals surface area contributed by atoms with Crippen LogP contribution in [-0.2, 0) is 11.2 Å². The van der Waals surface area contributed by atoms with Crippen molar-refractivity contribution in [1.29, 1.82) is 0 Å². The van der Waals surface area contributed by atoms with Gasteiger partial charge in [-0.2, -0.15) is 0 Å². The van der Waals surface area contributed by atoms with Crippen LogP contribution in [0.15, 0.2) is 71.7 Å². The lowest BCUT2D eigenvalue weighted by atomic mass is 9.93. The van der Waals surface area contributed by atoms with E-state index in [0.717, 1.165) is 23.2 Å². The van der Waals surface area contributed by atoms with Gasteiger partial charge in [-0.3, -0.25) is 9.79 Å². The Kier molecular flexibility index (Phi) is 6.33. The number of carbonyl (C=O) groups is 1. The predicted octanol–water partition coefficient (Wildman–Crippen LogP) is 5.98. The number of halogens is 1. The lowest BCUT2D eigenvalue weighted by Crippen LogP contribution is -2.35. The number of benzodiazepines with no additional fused rings is 1. The van der Waals surface area contributed by atoms with Gasteiger partial charge in [0.25, 0.3) is 5.91 Å². The van der Waals surface area contributed by atoms with Gasteiger partial charge in [0, 0.05) is 23.2 Å². The van der Waals surface area contributed by atoms with Crippen LogP contribution in [0.1, 0.15) is 48.4 Å². The van der Waals surface area contributed by atoms with E-state index in [0.29, 0.717) is 23.1 Å². The SMILES string of the molecule is CC(C)c1ccccc1CCC1N=C(c2ccc(O)cc2)c2cc(Cl)ccc2N(C)C1=O. The molecule has 0 saturated carbocycles. The summed E-state index contributed by atoms with van der Waals surface area (Å²) in [5.74, 6) is 0.565. The van der Waals surface area contributed by atoms with E-state index in [-0.39, 0.29) is 11.7 Å². The number of rotatable bonds is 5. The van der Waals surface area contributed by atoms with Crippen LogP contribution in [0.4, 0.5) is 5.69 Å². The van der Waals surface area contributed by atoms with Gasteiger partial charge in [0.15, 0.2) is 0 Å². The third-order valence-corrected chi connectivity index (χ3v) is 6.22. The summed E-state index contributed by atoms with van der Waals surface area (Å²) >= 11 is 6.32. The molecule has 0 spiro atoms. The fourth-order valence-corrected chi connectivity index (χ4v) is 4.44. The summed E-state index contributed by atoms with van der Waals surface area (Å²) in [5.41, 5.74) is 5.69. The molecular formula is C27H27ClN2O2. The predicted molar refractivity (Wildman–Crippen MR) is 131 cm³/mol. The Labute approximate surface area is 194 Å². The van der Waals surface area contributed by atoms with Crippen molar-refractivity contribution in [3.8, 4) is 5.75 Å². The van der Waals surface area contributed by atoms with Crippen LogP contribution >= 0.6 is 11.6 Å². The molecule has 1 atom stereocenters. The number of aromatic hydroxyl groups is 1. The number of hydrogen-bond donors (Lipinski definition) is 1. The lowest BCUT2D eigenvalue weighted by Gasteiger charge is -2.21. The molecule has 0 fully saturated rings. The van der Waals surface area contributed by atoms with Crippen LogP contribution in [-0.4, -0.2) is 29.8 Å². The van der Waals surface area contributed by atoms with E-state index in [1.807, 2.05) is 30.3 Å². The van der Waals surface area contributed by atoms with Gasteiger partial charge in [-0.1, -0.05) is 49.7 Å². The number of nitrogens with zero attached hydrogens (tertiary/aromatic N) is 2. The maximum Gasteiger partial charge on any atom is 0.251 e. The number of fused-ring (bicyclic) bond motifs is 1. The fourth-order valence-electron chi connectivity index (χ4n) is 4.27. The maximum absolute atomic E-state index is 13.4. The van der Waals surface area contributed by atoms with Gasteiger partial charge in [-0.15, -0.1) is 0 Å². The molecule has 1 aliphatic rings.